The Morgan fingerprint density at radius 3 is 1.00 bits per heavy atom. The fraction of sp³-hybridized carbons (Fsp3) is 0.419. The molecule has 3 aromatic rings. The van der Waals surface area contributed by atoms with Crippen LogP contribution in [0.1, 0.15) is 20.8 Å². The van der Waals surface area contributed by atoms with E-state index in [1.165, 1.54) is 0 Å². The van der Waals surface area contributed by atoms with Crippen LogP contribution in [0.5, 0.6) is 34.5 Å². The Kier molecular flexibility index (Phi) is 12.6. The van der Waals surface area contributed by atoms with Crippen LogP contribution < -0.4 is 44.0 Å². The second-order valence-corrected chi connectivity index (χ2v) is 15.0. The first kappa shape index (κ1) is 33.8. The molecule has 0 saturated carbocycles. The maximum Gasteiger partial charge on any atom is 0.246 e. The van der Waals surface area contributed by atoms with Crippen LogP contribution in [0.25, 0.3) is 0 Å². The summed E-state index contributed by atoms with van der Waals surface area (Å²) in [7, 11) is 14.8. The van der Waals surface area contributed by atoms with Gasteiger partial charge in [0.2, 0.25) is 10.5 Å². The molecule has 0 N–H and O–H groups in total. The first-order valence-electron chi connectivity index (χ1n) is 13.5. The lowest BCUT2D eigenvalue weighted by Gasteiger charge is -2.48. The molecule has 0 bridgehead atoms. The zero-order valence-electron chi connectivity index (χ0n) is 25.8. The zero-order valence-corrected chi connectivity index (χ0v) is 29.8. The number of para-hydroxylation sites is 3. The van der Waals surface area contributed by atoms with Crippen molar-refractivity contribution in [2.45, 2.75) is 43.0 Å². The van der Waals surface area contributed by atoms with E-state index in [2.05, 4.69) is 49.5 Å². The van der Waals surface area contributed by atoms with Crippen molar-refractivity contribution in [3.05, 3.63) is 54.6 Å². The lowest BCUT2D eigenvalue weighted by molar-refractivity contribution is 0.0678. The molecule has 0 spiro atoms. The van der Waals surface area contributed by atoms with Crippen LogP contribution in [0.2, 0.25) is 16.6 Å². The monoisotopic (exact) mass is 635 g/mol. The first-order valence-corrected chi connectivity index (χ1v) is 17.2. The molecule has 0 aliphatic heterocycles. The summed E-state index contributed by atoms with van der Waals surface area (Å²) in [6, 6.07) is 18.1. The van der Waals surface area contributed by atoms with Gasteiger partial charge in [-0.1, -0.05) is 57.2 Å². The van der Waals surface area contributed by atoms with Crippen LogP contribution >= 0.6 is 0 Å². The van der Waals surface area contributed by atoms with Crippen LogP contribution in [0.4, 0.5) is 0 Å². The minimum Gasteiger partial charge on any atom is -0.493 e. The SMILES string of the molecule is COc1cccc([Si]C(C)C(O[Si])(C(C)[Si]c2cccc(OC)c2OC)C(C)[Si]c2cccc(OC)c2OC)c1OC. The van der Waals surface area contributed by atoms with E-state index in [9.17, 15) is 0 Å². The summed E-state index contributed by atoms with van der Waals surface area (Å²) in [5.74, 6) is 4.40. The van der Waals surface area contributed by atoms with E-state index in [1.807, 2.05) is 36.4 Å². The van der Waals surface area contributed by atoms with Gasteiger partial charge < -0.3 is 32.8 Å². The van der Waals surface area contributed by atoms with E-state index >= 15 is 0 Å². The van der Waals surface area contributed by atoms with E-state index in [0.29, 0.717) is 45.8 Å². The van der Waals surface area contributed by atoms with Crippen molar-refractivity contribution in [1.29, 1.82) is 0 Å². The first-order chi connectivity index (χ1) is 20.2. The molecule has 3 unspecified atom stereocenters. The normalized spacial score (nSPS) is 14.7. The van der Waals surface area contributed by atoms with Crippen LogP contribution in [-0.2, 0) is 4.43 Å². The highest BCUT2D eigenvalue weighted by Gasteiger charge is 2.47. The van der Waals surface area contributed by atoms with E-state index in [0.717, 1.165) is 32.8 Å². The summed E-state index contributed by atoms with van der Waals surface area (Å²) in [6.07, 6.45) is 0. The van der Waals surface area contributed by atoms with Crippen LogP contribution in [-0.4, -0.2) is 87.3 Å². The van der Waals surface area contributed by atoms with Gasteiger partial charge in [0.05, 0.1) is 76.8 Å². The van der Waals surface area contributed by atoms with Crippen molar-refractivity contribution in [3.63, 3.8) is 0 Å². The standard InChI is InChI=1S/C31H39O7Si4/c1-19(40-25-16-10-13-22(32-4)28(25)35-7)31(38-39,20(2)41-26-17-11-14-23(33-5)29(26)36-8)21(3)42-27-18-12-15-24(34-6)30(27)37-9/h10-21H,1-9H3. The van der Waals surface area contributed by atoms with Gasteiger partial charge in [0, 0.05) is 0 Å². The van der Waals surface area contributed by atoms with E-state index in [-0.39, 0.29) is 16.6 Å². The Morgan fingerprint density at radius 1 is 0.500 bits per heavy atom. The van der Waals surface area contributed by atoms with Crippen molar-refractivity contribution >= 4 is 54.6 Å². The molecular weight excluding hydrogens is 597 g/mol. The molecular formula is C31H39O7Si4. The highest BCUT2D eigenvalue weighted by atomic mass is 28.2. The molecule has 3 atom stereocenters. The molecule has 0 aliphatic rings. The maximum atomic E-state index is 6.54. The summed E-state index contributed by atoms with van der Waals surface area (Å²) in [5, 5.41) is 3.25. The summed E-state index contributed by atoms with van der Waals surface area (Å²) in [5.41, 5.74) is -0.375. The van der Waals surface area contributed by atoms with Gasteiger partial charge in [0.25, 0.3) is 0 Å². The molecule has 221 valence electrons. The number of ether oxygens (including phenoxy) is 6. The molecule has 9 radical (unpaired) electrons. The third kappa shape index (κ3) is 6.91. The van der Waals surface area contributed by atoms with Gasteiger partial charge in [-0.3, -0.25) is 0 Å². The maximum absolute atomic E-state index is 6.54. The second-order valence-electron chi connectivity index (χ2n) is 9.68. The second kappa shape index (κ2) is 15.7. The third-order valence-electron chi connectivity index (χ3n) is 7.53. The van der Waals surface area contributed by atoms with Gasteiger partial charge in [-0.15, -0.1) is 0 Å². The molecule has 3 rings (SSSR count). The Hall–Kier alpha value is -2.71. The van der Waals surface area contributed by atoms with Crippen LogP contribution in [0.3, 0.4) is 0 Å². The summed E-state index contributed by atoms with van der Waals surface area (Å²) in [4.78, 5) is 0. The molecule has 11 heteroatoms. The quantitative estimate of drug-likeness (QED) is 0.224. The van der Waals surface area contributed by atoms with Gasteiger partial charge in [-0.2, -0.15) is 0 Å². The molecule has 0 heterocycles. The minimum absolute atomic E-state index is 0.0780. The molecule has 0 fully saturated rings. The fourth-order valence-electron chi connectivity index (χ4n) is 5.43. The average molecular weight is 636 g/mol. The number of benzene rings is 3. The third-order valence-corrected chi connectivity index (χ3v) is 12.7. The highest BCUT2D eigenvalue weighted by molar-refractivity contribution is 6.61. The van der Waals surface area contributed by atoms with Crippen LogP contribution in [0.15, 0.2) is 54.6 Å². The Morgan fingerprint density at radius 2 is 0.786 bits per heavy atom. The molecule has 0 saturated heterocycles. The topological polar surface area (TPSA) is 64.6 Å². The Labute approximate surface area is 261 Å². The van der Waals surface area contributed by atoms with Crippen molar-refractivity contribution in [2.75, 3.05) is 42.7 Å². The fourth-order valence-corrected chi connectivity index (χ4v) is 12.2. The summed E-state index contributed by atoms with van der Waals surface area (Å²) < 4.78 is 40.8. The molecule has 0 amide bonds. The zero-order chi connectivity index (χ0) is 30.9. The molecule has 42 heavy (non-hydrogen) atoms. The lowest BCUT2D eigenvalue weighted by Crippen LogP contribution is -2.52. The summed E-state index contributed by atoms with van der Waals surface area (Å²) in [6.45, 7) is 6.77. The van der Waals surface area contributed by atoms with Crippen molar-refractivity contribution < 1.29 is 32.8 Å². The predicted molar refractivity (Wildman–Crippen MR) is 173 cm³/mol. The lowest BCUT2D eigenvalue weighted by atomic mass is 9.92. The molecule has 7 nitrogen and oxygen atoms in total. The number of hydrogen-bond donors (Lipinski definition) is 0. The largest absolute Gasteiger partial charge is 0.493 e. The van der Waals surface area contributed by atoms with Gasteiger partial charge in [0.1, 0.15) is 0 Å². The molecule has 0 aromatic heterocycles. The van der Waals surface area contributed by atoms with Crippen LogP contribution in [0, 0.1) is 0 Å². The van der Waals surface area contributed by atoms with Gasteiger partial charge in [-0.25, -0.2) is 0 Å². The van der Waals surface area contributed by atoms with Crippen molar-refractivity contribution in [1.82, 2.24) is 0 Å². The van der Waals surface area contributed by atoms with Gasteiger partial charge in [-0.05, 0) is 50.4 Å². The van der Waals surface area contributed by atoms with Crippen molar-refractivity contribution in [2.24, 2.45) is 0 Å². The van der Waals surface area contributed by atoms with E-state index < -0.39 is 5.60 Å². The van der Waals surface area contributed by atoms with Gasteiger partial charge in [0.15, 0.2) is 34.5 Å². The Bertz CT molecular complexity index is 1150. The molecule has 3 aromatic carbocycles. The number of rotatable bonds is 16. The number of methoxy groups -OCH3 is 6. The highest BCUT2D eigenvalue weighted by Crippen LogP contribution is 2.47. The van der Waals surface area contributed by atoms with Crippen molar-refractivity contribution in [3.8, 4) is 34.5 Å². The Balaban J connectivity index is 2.12. The predicted octanol–water partition coefficient (Wildman–Crippen LogP) is 3.39. The number of hydrogen-bond acceptors (Lipinski definition) is 7. The minimum atomic E-state index is -0.609. The smallest absolute Gasteiger partial charge is 0.246 e. The van der Waals surface area contributed by atoms with E-state index in [1.54, 1.807) is 42.7 Å². The van der Waals surface area contributed by atoms with E-state index in [4.69, 9.17) is 32.8 Å². The molecule has 0 aliphatic carbocycles. The average Bonchev–Trinajstić information content (AvgIpc) is 3.01. The van der Waals surface area contributed by atoms with Gasteiger partial charge >= 0.3 is 0 Å². The summed E-state index contributed by atoms with van der Waals surface area (Å²) >= 11 is 0.